The minimum absolute atomic E-state index is 0.328. The highest BCUT2D eigenvalue weighted by Crippen LogP contribution is 2.26. The lowest BCUT2D eigenvalue weighted by Gasteiger charge is -2.09. The van der Waals surface area contributed by atoms with E-state index in [4.69, 9.17) is 27.9 Å². The van der Waals surface area contributed by atoms with E-state index in [0.29, 0.717) is 32.8 Å². The molecular formula is C16H10Cl2N4O2. The SMILES string of the molecule is O=C(Nc1cncc(Cl)c1)c1cc(Cl)cc(Oc2cncnc2)c1. The molecule has 0 bridgehead atoms. The molecule has 0 spiro atoms. The molecule has 1 aromatic carbocycles. The number of nitrogens with zero attached hydrogens (tertiary/aromatic N) is 3. The number of benzene rings is 1. The summed E-state index contributed by atoms with van der Waals surface area (Å²) in [6.07, 6.45) is 7.37. The van der Waals surface area contributed by atoms with E-state index in [0.717, 1.165) is 0 Å². The molecule has 2 aromatic heterocycles. The minimum atomic E-state index is -0.365. The van der Waals surface area contributed by atoms with Gasteiger partial charge in [-0.05, 0) is 24.3 Å². The van der Waals surface area contributed by atoms with E-state index >= 15 is 0 Å². The second-order valence-electron chi connectivity index (χ2n) is 4.70. The predicted molar refractivity (Wildman–Crippen MR) is 90.8 cm³/mol. The quantitative estimate of drug-likeness (QED) is 0.753. The topological polar surface area (TPSA) is 77.0 Å². The third-order valence-electron chi connectivity index (χ3n) is 2.87. The number of carbonyl (C=O) groups excluding carboxylic acids is 1. The van der Waals surface area contributed by atoms with E-state index in [1.165, 1.54) is 37.2 Å². The zero-order valence-corrected chi connectivity index (χ0v) is 13.6. The molecule has 0 saturated carbocycles. The fourth-order valence-electron chi connectivity index (χ4n) is 1.91. The average Bonchev–Trinajstić information content (AvgIpc) is 2.55. The summed E-state index contributed by atoms with van der Waals surface area (Å²) in [5, 5.41) is 3.48. The van der Waals surface area contributed by atoms with Gasteiger partial charge in [-0.1, -0.05) is 23.2 Å². The maximum absolute atomic E-state index is 12.4. The van der Waals surface area contributed by atoms with Gasteiger partial charge < -0.3 is 10.1 Å². The lowest BCUT2D eigenvalue weighted by molar-refractivity contribution is 0.102. The number of amides is 1. The zero-order valence-electron chi connectivity index (χ0n) is 12.1. The number of rotatable bonds is 4. The molecule has 8 heteroatoms. The van der Waals surface area contributed by atoms with Crippen molar-refractivity contribution in [2.45, 2.75) is 0 Å². The Labute approximate surface area is 147 Å². The van der Waals surface area contributed by atoms with Crippen molar-refractivity contribution >= 4 is 34.8 Å². The molecule has 6 nitrogen and oxygen atoms in total. The van der Waals surface area contributed by atoms with Crippen molar-refractivity contribution in [3.05, 3.63) is 71.0 Å². The summed E-state index contributed by atoms with van der Waals surface area (Å²) in [6, 6.07) is 6.28. The third kappa shape index (κ3) is 4.18. The predicted octanol–water partition coefficient (Wildman–Crippen LogP) is 4.22. The molecule has 0 unspecified atom stereocenters. The van der Waals surface area contributed by atoms with Crippen molar-refractivity contribution in [1.82, 2.24) is 15.0 Å². The standard InChI is InChI=1S/C16H10Cl2N4O2/c17-11-1-10(16(23)22-13-3-12(18)5-19-6-13)2-14(4-11)24-15-7-20-9-21-8-15/h1-9H,(H,22,23). The maximum atomic E-state index is 12.4. The van der Waals surface area contributed by atoms with Crippen LogP contribution in [0.5, 0.6) is 11.5 Å². The molecule has 24 heavy (non-hydrogen) atoms. The fraction of sp³-hybridized carbons (Fsp3) is 0. The number of pyridine rings is 1. The van der Waals surface area contributed by atoms with E-state index in [9.17, 15) is 4.79 Å². The van der Waals surface area contributed by atoms with E-state index < -0.39 is 0 Å². The van der Waals surface area contributed by atoms with Gasteiger partial charge in [-0.15, -0.1) is 0 Å². The normalized spacial score (nSPS) is 10.2. The fourth-order valence-corrected chi connectivity index (χ4v) is 2.31. The van der Waals surface area contributed by atoms with Crippen molar-refractivity contribution in [3.63, 3.8) is 0 Å². The van der Waals surface area contributed by atoms with Crippen LogP contribution in [0.3, 0.4) is 0 Å². The molecule has 1 N–H and O–H groups in total. The van der Waals surface area contributed by atoms with Crippen LogP contribution in [0.2, 0.25) is 10.0 Å². The second-order valence-corrected chi connectivity index (χ2v) is 5.57. The molecule has 120 valence electrons. The molecule has 0 aliphatic rings. The monoisotopic (exact) mass is 360 g/mol. The molecule has 3 rings (SSSR count). The first-order chi connectivity index (χ1) is 11.6. The summed E-state index contributed by atoms with van der Waals surface area (Å²) in [7, 11) is 0. The summed E-state index contributed by atoms with van der Waals surface area (Å²) in [5.41, 5.74) is 0.806. The number of hydrogen-bond donors (Lipinski definition) is 1. The first-order valence-electron chi connectivity index (χ1n) is 6.75. The molecule has 0 atom stereocenters. The van der Waals surface area contributed by atoms with Crippen LogP contribution in [0.4, 0.5) is 5.69 Å². The number of carbonyl (C=O) groups is 1. The van der Waals surface area contributed by atoms with Crippen LogP contribution in [0.15, 0.2) is 55.4 Å². The number of nitrogens with one attached hydrogen (secondary N) is 1. The smallest absolute Gasteiger partial charge is 0.255 e. The Kier molecular flexibility index (Phi) is 4.88. The summed E-state index contributed by atoms with van der Waals surface area (Å²) < 4.78 is 5.60. The molecule has 0 radical (unpaired) electrons. The van der Waals surface area contributed by atoms with E-state index in [1.54, 1.807) is 18.2 Å². The highest BCUT2D eigenvalue weighted by Gasteiger charge is 2.11. The first-order valence-corrected chi connectivity index (χ1v) is 7.51. The maximum Gasteiger partial charge on any atom is 0.255 e. The molecule has 0 aliphatic carbocycles. The molecule has 3 aromatic rings. The number of aromatic nitrogens is 3. The summed E-state index contributed by atoms with van der Waals surface area (Å²) in [4.78, 5) is 24.0. The van der Waals surface area contributed by atoms with Gasteiger partial charge in [0.15, 0.2) is 5.75 Å². The van der Waals surface area contributed by atoms with Crippen LogP contribution in [-0.4, -0.2) is 20.9 Å². The first kappa shape index (κ1) is 16.2. The zero-order chi connectivity index (χ0) is 16.9. The molecular weight excluding hydrogens is 351 g/mol. The Balaban J connectivity index is 1.81. The summed E-state index contributed by atoms with van der Waals surface area (Å²) in [6.45, 7) is 0. The van der Waals surface area contributed by atoms with Gasteiger partial charge in [0.05, 0.1) is 29.3 Å². The van der Waals surface area contributed by atoms with Crippen LogP contribution in [0.1, 0.15) is 10.4 Å². The van der Waals surface area contributed by atoms with Crippen molar-refractivity contribution in [2.24, 2.45) is 0 Å². The van der Waals surface area contributed by atoms with Crippen LogP contribution < -0.4 is 10.1 Å². The van der Waals surface area contributed by atoms with E-state index in [1.807, 2.05) is 0 Å². The number of halogens is 2. The Hall–Kier alpha value is -2.70. The third-order valence-corrected chi connectivity index (χ3v) is 3.29. The highest BCUT2D eigenvalue weighted by molar-refractivity contribution is 6.31. The molecule has 0 fully saturated rings. The molecule has 0 aliphatic heterocycles. The van der Waals surface area contributed by atoms with Gasteiger partial charge in [-0.25, -0.2) is 9.97 Å². The van der Waals surface area contributed by atoms with Gasteiger partial charge in [0.1, 0.15) is 12.1 Å². The molecule has 2 heterocycles. The summed E-state index contributed by atoms with van der Waals surface area (Å²) >= 11 is 11.9. The lowest BCUT2D eigenvalue weighted by Crippen LogP contribution is -2.12. The Morgan fingerprint density at radius 2 is 1.67 bits per heavy atom. The highest BCUT2D eigenvalue weighted by atomic mass is 35.5. The van der Waals surface area contributed by atoms with Crippen LogP contribution in [0.25, 0.3) is 0 Å². The van der Waals surface area contributed by atoms with Crippen molar-refractivity contribution in [3.8, 4) is 11.5 Å². The average molecular weight is 361 g/mol. The van der Waals surface area contributed by atoms with Gasteiger partial charge in [-0.2, -0.15) is 0 Å². The summed E-state index contributed by atoms with van der Waals surface area (Å²) in [5.74, 6) is 0.465. The van der Waals surface area contributed by atoms with Crippen LogP contribution in [-0.2, 0) is 0 Å². The minimum Gasteiger partial charge on any atom is -0.454 e. The van der Waals surface area contributed by atoms with Crippen LogP contribution >= 0.6 is 23.2 Å². The van der Waals surface area contributed by atoms with Crippen LogP contribution in [0, 0.1) is 0 Å². The molecule has 0 saturated heterocycles. The van der Waals surface area contributed by atoms with Crippen molar-refractivity contribution in [1.29, 1.82) is 0 Å². The number of ether oxygens (including phenoxy) is 1. The second kappa shape index (κ2) is 7.25. The van der Waals surface area contributed by atoms with Gasteiger partial charge in [0.2, 0.25) is 0 Å². The Morgan fingerprint density at radius 1 is 0.875 bits per heavy atom. The molecule has 1 amide bonds. The van der Waals surface area contributed by atoms with Gasteiger partial charge >= 0.3 is 0 Å². The van der Waals surface area contributed by atoms with Crippen molar-refractivity contribution < 1.29 is 9.53 Å². The van der Waals surface area contributed by atoms with E-state index in [-0.39, 0.29) is 5.91 Å². The van der Waals surface area contributed by atoms with Gasteiger partial charge in [-0.3, -0.25) is 9.78 Å². The van der Waals surface area contributed by atoms with Gasteiger partial charge in [0.25, 0.3) is 5.91 Å². The largest absolute Gasteiger partial charge is 0.454 e. The van der Waals surface area contributed by atoms with Crippen molar-refractivity contribution in [2.75, 3.05) is 5.32 Å². The van der Waals surface area contributed by atoms with E-state index in [2.05, 4.69) is 20.3 Å². The van der Waals surface area contributed by atoms with Gasteiger partial charge in [0, 0.05) is 16.8 Å². The number of hydrogen-bond acceptors (Lipinski definition) is 5. The Morgan fingerprint density at radius 3 is 2.42 bits per heavy atom. The number of anilines is 1. The lowest BCUT2D eigenvalue weighted by atomic mass is 10.2. The Bertz CT molecular complexity index is 875.